The highest BCUT2D eigenvalue weighted by Gasteiger charge is 2.49. The van der Waals surface area contributed by atoms with Crippen LogP contribution in [0, 0.1) is 5.41 Å². The van der Waals surface area contributed by atoms with Gasteiger partial charge in [0, 0.05) is 18.9 Å². The van der Waals surface area contributed by atoms with E-state index in [1.165, 1.54) is 0 Å². The number of imidazole rings is 1. The van der Waals surface area contributed by atoms with Crippen molar-refractivity contribution in [1.29, 1.82) is 0 Å². The Labute approximate surface area is 111 Å². The number of nitrogens with zero attached hydrogens (tertiary/aromatic N) is 3. The lowest BCUT2D eigenvalue weighted by Gasteiger charge is -2.19. The fourth-order valence-electron chi connectivity index (χ4n) is 2.78. The van der Waals surface area contributed by atoms with E-state index in [2.05, 4.69) is 39.3 Å². The molecule has 2 unspecified atom stereocenters. The summed E-state index contributed by atoms with van der Waals surface area (Å²) < 4.78 is 5.43. The molecule has 1 aliphatic carbocycles. The first kappa shape index (κ1) is 11.2. The third kappa shape index (κ3) is 1.78. The monoisotopic (exact) mass is 259 g/mol. The number of H-pyrrole nitrogens is 1. The lowest BCUT2D eigenvalue weighted by Crippen LogP contribution is -2.28. The summed E-state index contributed by atoms with van der Waals surface area (Å²) >= 11 is 0. The lowest BCUT2D eigenvalue weighted by molar-refractivity contribution is 0.316. The van der Waals surface area contributed by atoms with E-state index in [-0.39, 0.29) is 6.04 Å². The minimum atomic E-state index is 0.0823. The zero-order chi connectivity index (χ0) is 13.0. The van der Waals surface area contributed by atoms with Gasteiger partial charge in [-0.2, -0.15) is 4.98 Å². The SMILES string of the molecule is CC1(C)CC1c1noc(C2Cc3nc[nH]c3CN2)n1. The van der Waals surface area contributed by atoms with E-state index in [1.807, 2.05) is 0 Å². The molecule has 0 aromatic carbocycles. The maximum atomic E-state index is 5.43. The third-order valence-corrected chi connectivity index (χ3v) is 4.31. The van der Waals surface area contributed by atoms with Crippen LogP contribution in [0.25, 0.3) is 0 Å². The lowest BCUT2D eigenvalue weighted by atomic mass is 10.1. The Morgan fingerprint density at radius 1 is 1.42 bits per heavy atom. The molecular weight excluding hydrogens is 242 g/mol. The fourth-order valence-corrected chi connectivity index (χ4v) is 2.78. The molecule has 1 fully saturated rings. The van der Waals surface area contributed by atoms with Crippen molar-refractivity contribution < 1.29 is 4.52 Å². The molecule has 2 aliphatic rings. The average molecular weight is 259 g/mol. The third-order valence-electron chi connectivity index (χ3n) is 4.31. The largest absolute Gasteiger partial charge is 0.347 e. The second-order valence-electron chi connectivity index (χ2n) is 6.20. The van der Waals surface area contributed by atoms with Gasteiger partial charge in [0.05, 0.1) is 23.8 Å². The van der Waals surface area contributed by atoms with Crippen molar-refractivity contribution in [3.8, 4) is 0 Å². The predicted molar refractivity (Wildman–Crippen MR) is 67.3 cm³/mol. The van der Waals surface area contributed by atoms with Gasteiger partial charge in [-0.1, -0.05) is 19.0 Å². The van der Waals surface area contributed by atoms with Crippen molar-refractivity contribution in [1.82, 2.24) is 25.4 Å². The van der Waals surface area contributed by atoms with Crippen LogP contribution in [0.4, 0.5) is 0 Å². The van der Waals surface area contributed by atoms with Crippen LogP contribution in [-0.4, -0.2) is 20.1 Å². The van der Waals surface area contributed by atoms with Gasteiger partial charge in [0.2, 0.25) is 5.89 Å². The Morgan fingerprint density at radius 2 is 2.26 bits per heavy atom. The highest BCUT2D eigenvalue weighted by atomic mass is 16.5. The molecule has 6 nitrogen and oxygen atoms in total. The molecule has 3 heterocycles. The Kier molecular flexibility index (Phi) is 2.15. The van der Waals surface area contributed by atoms with Crippen molar-refractivity contribution in [3.63, 3.8) is 0 Å². The molecule has 2 aromatic heterocycles. The molecule has 0 bridgehead atoms. The van der Waals surface area contributed by atoms with Gasteiger partial charge in [0.1, 0.15) is 0 Å². The number of aromatic amines is 1. The van der Waals surface area contributed by atoms with Gasteiger partial charge >= 0.3 is 0 Å². The second-order valence-corrected chi connectivity index (χ2v) is 6.20. The summed E-state index contributed by atoms with van der Waals surface area (Å²) in [6, 6.07) is 0.0823. The van der Waals surface area contributed by atoms with Crippen molar-refractivity contribution in [2.45, 2.75) is 45.2 Å². The van der Waals surface area contributed by atoms with Crippen LogP contribution in [0.5, 0.6) is 0 Å². The Bertz CT molecular complexity index is 614. The standard InChI is InChI=1S/C13H17N5O/c1-13(2)4-7(13)11-17-12(19-18-11)9-3-8-10(5-14-9)16-6-15-8/h6-7,9,14H,3-5H2,1-2H3,(H,15,16). The summed E-state index contributed by atoms with van der Waals surface area (Å²) in [7, 11) is 0. The molecule has 0 amide bonds. The normalized spacial score (nSPS) is 28.1. The predicted octanol–water partition coefficient (Wildman–Crippen LogP) is 1.69. The molecule has 6 heteroatoms. The molecule has 19 heavy (non-hydrogen) atoms. The maximum absolute atomic E-state index is 5.43. The highest BCUT2D eigenvalue weighted by Crippen LogP contribution is 2.57. The van der Waals surface area contributed by atoms with Gasteiger partial charge in [-0.15, -0.1) is 0 Å². The molecule has 1 saturated carbocycles. The van der Waals surface area contributed by atoms with Crippen LogP contribution >= 0.6 is 0 Å². The molecule has 0 spiro atoms. The van der Waals surface area contributed by atoms with Gasteiger partial charge in [0.15, 0.2) is 5.82 Å². The second kappa shape index (κ2) is 3.66. The molecule has 0 saturated heterocycles. The molecule has 1 aliphatic heterocycles. The minimum absolute atomic E-state index is 0.0823. The van der Waals surface area contributed by atoms with E-state index in [1.54, 1.807) is 6.33 Å². The van der Waals surface area contributed by atoms with E-state index in [0.29, 0.717) is 17.2 Å². The molecule has 100 valence electrons. The first-order chi connectivity index (χ1) is 9.13. The topological polar surface area (TPSA) is 79.6 Å². The van der Waals surface area contributed by atoms with Gasteiger partial charge in [-0.25, -0.2) is 4.98 Å². The van der Waals surface area contributed by atoms with E-state index < -0.39 is 0 Å². The quantitative estimate of drug-likeness (QED) is 0.858. The smallest absolute Gasteiger partial charge is 0.244 e. The number of nitrogens with one attached hydrogen (secondary N) is 2. The summed E-state index contributed by atoms with van der Waals surface area (Å²) in [6.07, 6.45) is 3.68. The van der Waals surface area contributed by atoms with Crippen LogP contribution < -0.4 is 5.32 Å². The zero-order valence-corrected chi connectivity index (χ0v) is 11.1. The van der Waals surface area contributed by atoms with E-state index in [9.17, 15) is 0 Å². The average Bonchev–Trinajstić information content (AvgIpc) is 2.84. The summed E-state index contributed by atoms with van der Waals surface area (Å²) in [5.41, 5.74) is 2.57. The fraction of sp³-hybridized carbons (Fsp3) is 0.615. The summed E-state index contributed by atoms with van der Waals surface area (Å²) in [5.74, 6) is 2.00. The highest BCUT2D eigenvalue weighted by molar-refractivity contribution is 5.19. The van der Waals surface area contributed by atoms with Crippen molar-refractivity contribution >= 4 is 0 Å². The summed E-state index contributed by atoms with van der Waals surface area (Å²) in [5, 5.41) is 7.54. The van der Waals surface area contributed by atoms with E-state index >= 15 is 0 Å². The van der Waals surface area contributed by atoms with Gasteiger partial charge in [0.25, 0.3) is 0 Å². The van der Waals surface area contributed by atoms with Crippen molar-refractivity contribution in [2.75, 3.05) is 0 Å². The van der Waals surface area contributed by atoms with Gasteiger partial charge < -0.3 is 9.51 Å². The molecular formula is C13H17N5O. The number of rotatable bonds is 2. The van der Waals surface area contributed by atoms with E-state index in [4.69, 9.17) is 4.52 Å². The van der Waals surface area contributed by atoms with Crippen LogP contribution in [0.15, 0.2) is 10.9 Å². The number of aromatic nitrogens is 4. The Morgan fingerprint density at radius 3 is 3.05 bits per heavy atom. The number of hydrogen-bond donors (Lipinski definition) is 2. The summed E-state index contributed by atoms with van der Waals surface area (Å²) in [4.78, 5) is 12.0. The van der Waals surface area contributed by atoms with Crippen LogP contribution in [0.3, 0.4) is 0 Å². The molecule has 2 atom stereocenters. The number of fused-ring (bicyclic) bond motifs is 1. The maximum Gasteiger partial charge on any atom is 0.244 e. The zero-order valence-electron chi connectivity index (χ0n) is 11.1. The molecule has 2 N–H and O–H groups in total. The first-order valence-electron chi connectivity index (χ1n) is 6.71. The molecule has 4 rings (SSSR count). The first-order valence-corrected chi connectivity index (χ1v) is 6.71. The van der Waals surface area contributed by atoms with Crippen LogP contribution in [-0.2, 0) is 13.0 Å². The molecule has 0 radical (unpaired) electrons. The van der Waals surface area contributed by atoms with E-state index in [0.717, 1.165) is 36.6 Å². The van der Waals surface area contributed by atoms with Gasteiger partial charge in [-0.3, -0.25) is 5.32 Å². The Balaban J connectivity index is 1.55. The minimum Gasteiger partial charge on any atom is -0.347 e. The van der Waals surface area contributed by atoms with Crippen molar-refractivity contribution in [2.24, 2.45) is 5.41 Å². The number of hydrogen-bond acceptors (Lipinski definition) is 5. The van der Waals surface area contributed by atoms with Crippen LogP contribution in [0.1, 0.15) is 55.3 Å². The summed E-state index contributed by atoms with van der Waals surface area (Å²) in [6.45, 7) is 5.25. The van der Waals surface area contributed by atoms with Crippen molar-refractivity contribution in [3.05, 3.63) is 29.4 Å². The van der Waals surface area contributed by atoms with Gasteiger partial charge in [-0.05, 0) is 11.8 Å². The van der Waals surface area contributed by atoms with Crippen LogP contribution in [0.2, 0.25) is 0 Å². The Hall–Kier alpha value is -1.69. The molecule has 2 aromatic rings.